The second kappa shape index (κ2) is 14.5. The van der Waals surface area contributed by atoms with E-state index in [4.69, 9.17) is 10.1 Å². The number of hydrogen-bond donors (Lipinski definition) is 1. The van der Waals surface area contributed by atoms with Crippen molar-refractivity contribution in [1.82, 2.24) is 10.4 Å². The summed E-state index contributed by atoms with van der Waals surface area (Å²) in [5.74, 6) is 0. The zero-order valence-electron chi connectivity index (χ0n) is 29.2. The molecule has 8 rings (SSSR count). The molecule has 6 aromatic carbocycles. The van der Waals surface area contributed by atoms with Gasteiger partial charge in [-0.3, -0.25) is 5.43 Å². The van der Waals surface area contributed by atoms with Crippen LogP contribution in [0.3, 0.4) is 0 Å². The summed E-state index contributed by atoms with van der Waals surface area (Å²) >= 11 is 1.70. The Balaban J connectivity index is 0.000000157. The SMILES string of the molecule is CCN(/N=C/c1cc(C)ccc1C)c1nc2ccc3ccccc3c2s1.Cc1ccc(C)c(/C=N/NC2c3ccccc3-c3ccccc32)c1. The Morgan fingerprint density at radius 3 is 1.96 bits per heavy atom. The summed E-state index contributed by atoms with van der Waals surface area (Å²) in [6.45, 7) is 11.3. The van der Waals surface area contributed by atoms with E-state index in [1.54, 1.807) is 11.3 Å². The highest BCUT2D eigenvalue weighted by Gasteiger charge is 2.27. The van der Waals surface area contributed by atoms with Crippen LogP contribution >= 0.6 is 11.3 Å². The third-order valence-corrected chi connectivity index (χ3v) is 10.4. The third kappa shape index (κ3) is 6.80. The number of rotatable bonds is 7. The van der Waals surface area contributed by atoms with Gasteiger partial charge in [0.2, 0.25) is 5.13 Å². The van der Waals surface area contributed by atoms with Crippen molar-refractivity contribution in [2.24, 2.45) is 10.2 Å². The molecule has 0 saturated heterocycles. The van der Waals surface area contributed by atoms with Gasteiger partial charge in [-0.1, -0.05) is 138 Å². The first-order valence-corrected chi connectivity index (χ1v) is 17.9. The van der Waals surface area contributed by atoms with Crippen molar-refractivity contribution in [3.05, 3.63) is 166 Å². The topological polar surface area (TPSA) is 52.9 Å². The molecule has 0 amide bonds. The van der Waals surface area contributed by atoms with Gasteiger partial charge in [0.1, 0.15) is 0 Å². The molecule has 1 aliphatic rings. The predicted octanol–water partition coefficient (Wildman–Crippen LogP) is 10.9. The van der Waals surface area contributed by atoms with E-state index in [9.17, 15) is 0 Å². The minimum atomic E-state index is 0.110. The second-order valence-corrected chi connectivity index (χ2v) is 13.8. The van der Waals surface area contributed by atoms with Gasteiger partial charge in [0.15, 0.2) is 0 Å². The molecule has 1 N–H and O–H groups in total. The van der Waals surface area contributed by atoms with Crippen LogP contribution in [0, 0.1) is 27.7 Å². The monoisotopic (exact) mass is 671 g/mol. The summed E-state index contributed by atoms with van der Waals surface area (Å²) < 4.78 is 1.22. The Kier molecular flexibility index (Phi) is 9.54. The van der Waals surface area contributed by atoms with Crippen LogP contribution in [0.15, 0.2) is 132 Å². The fourth-order valence-corrected chi connectivity index (χ4v) is 7.55. The number of aryl methyl sites for hydroxylation is 4. The number of hydrazone groups is 2. The molecule has 0 radical (unpaired) electrons. The fourth-order valence-electron chi connectivity index (χ4n) is 6.43. The summed E-state index contributed by atoms with van der Waals surface area (Å²) in [7, 11) is 0. The van der Waals surface area contributed by atoms with E-state index in [1.165, 1.54) is 60.0 Å². The van der Waals surface area contributed by atoms with E-state index in [-0.39, 0.29) is 6.04 Å². The van der Waals surface area contributed by atoms with Gasteiger partial charge in [-0.15, -0.1) is 0 Å². The van der Waals surface area contributed by atoms with E-state index in [1.807, 2.05) is 17.4 Å². The Bertz CT molecular complexity index is 2320. The average Bonchev–Trinajstić information content (AvgIpc) is 3.72. The molecule has 50 heavy (non-hydrogen) atoms. The lowest BCUT2D eigenvalue weighted by Crippen LogP contribution is -2.15. The number of fused-ring (bicyclic) bond motifs is 6. The largest absolute Gasteiger partial charge is 0.298 e. The molecular weight excluding hydrogens is 631 g/mol. The molecule has 0 fully saturated rings. The Morgan fingerprint density at radius 1 is 0.700 bits per heavy atom. The van der Waals surface area contributed by atoms with Gasteiger partial charge in [0.05, 0.1) is 28.7 Å². The maximum Gasteiger partial charge on any atom is 0.207 e. The van der Waals surface area contributed by atoms with E-state index in [0.717, 1.165) is 28.3 Å². The maximum absolute atomic E-state index is 4.82. The van der Waals surface area contributed by atoms with Crippen molar-refractivity contribution >= 4 is 49.9 Å². The lowest BCUT2D eigenvalue weighted by Gasteiger charge is -2.13. The van der Waals surface area contributed by atoms with Crippen LogP contribution in [0.5, 0.6) is 0 Å². The van der Waals surface area contributed by atoms with Crippen LogP contribution < -0.4 is 10.4 Å². The van der Waals surface area contributed by atoms with Crippen molar-refractivity contribution in [1.29, 1.82) is 0 Å². The predicted molar refractivity (Wildman–Crippen MR) is 214 cm³/mol. The molecule has 7 aromatic rings. The van der Waals surface area contributed by atoms with Crippen molar-refractivity contribution in [2.45, 2.75) is 40.7 Å². The normalized spacial score (nSPS) is 12.3. The minimum absolute atomic E-state index is 0.110. The number of thiazole rings is 1. The van der Waals surface area contributed by atoms with Gasteiger partial charge in [0.25, 0.3) is 0 Å². The molecule has 0 saturated carbocycles. The van der Waals surface area contributed by atoms with E-state index >= 15 is 0 Å². The highest BCUT2D eigenvalue weighted by atomic mass is 32.1. The number of hydrogen-bond acceptors (Lipinski definition) is 6. The molecule has 0 atom stereocenters. The Morgan fingerprint density at radius 2 is 1.30 bits per heavy atom. The van der Waals surface area contributed by atoms with Crippen molar-refractivity contribution in [3.63, 3.8) is 0 Å². The number of nitrogens with one attached hydrogen (secondary N) is 1. The van der Waals surface area contributed by atoms with Gasteiger partial charge in [0, 0.05) is 11.9 Å². The van der Waals surface area contributed by atoms with Crippen LogP contribution in [-0.4, -0.2) is 24.0 Å². The molecule has 5 nitrogen and oxygen atoms in total. The van der Waals surface area contributed by atoms with Crippen molar-refractivity contribution in [2.75, 3.05) is 11.6 Å². The summed E-state index contributed by atoms with van der Waals surface area (Å²) in [5, 5.41) is 14.7. The number of benzene rings is 6. The van der Waals surface area contributed by atoms with Gasteiger partial charge < -0.3 is 0 Å². The molecule has 248 valence electrons. The molecule has 0 bridgehead atoms. The quantitative estimate of drug-likeness (QED) is 0.136. The molecule has 6 heteroatoms. The molecule has 0 unspecified atom stereocenters. The Labute approximate surface area is 298 Å². The van der Waals surface area contributed by atoms with Gasteiger partial charge in [-0.2, -0.15) is 10.2 Å². The van der Waals surface area contributed by atoms with Crippen molar-refractivity contribution < 1.29 is 0 Å². The third-order valence-electron chi connectivity index (χ3n) is 9.24. The van der Waals surface area contributed by atoms with Gasteiger partial charge >= 0.3 is 0 Å². The van der Waals surface area contributed by atoms with Crippen LogP contribution in [0.4, 0.5) is 5.13 Å². The zero-order chi connectivity index (χ0) is 34.6. The summed E-state index contributed by atoms with van der Waals surface area (Å²) in [5.41, 5.74) is 16.8. The lowest BCUT2D eigenvalue weighted by atomic mass is 10.1. The first kappa shape index (κ1) is 32.9. The summed E-state index contributed by atoms with van der Waals surface area (Å²) in [6, 6.07) is 42.8. The number of aromatic nitrogens is 1. The molecule has 1 aliphatic carbocycles. The second-order valence-electron chi connectivity index (χ2n) is 12.8. The molecular formula is C44H41N5S. The molecule has 1 aromatic heterocycles. The minimum Gasteiger partial charge on any atom is -0.298 e. The van der Waals surface area contributed by atoms with Crippen LogP contribution in [0.1, 0.15) is 57.5 Å². The van der Waals surface area contributed by atoms with Crippen LogP contribution in [0.2, 0.25) is 0 Å². The molecule has 0 aliphatic heterocycles. The zero-order valence-corrected chi connectivity index (χ0v) is 30.0. The van der Waals surface area contributed by atoms with Gasteiger partial charge in [-0.05, 0) is 90.6 Å². The molecule has 0 spiro atoms. The average molecular weight is 672 g/mol. The first-order chi connectivity index (χ1) is 24.4. The van der Waals surface area contributed by atoms with Gasteiger partial charge in [-0.25, -0.2) is 9.99 Å². The summed E-state index contributed by atoms with van der Waals surface area (Å²) in [6.07, 6.45) is 3.86. The molecule has 1 heterocycles. The number of nitrogens with zero attached hydrogens (tertiary/aromatic N) is 4. The first-order valence-electron chi connectivity index (χ1n) is 17.1. The lowest BCUT2D eigenvalue weighted by molar-refractivity contribution is 0.655. The highest BCUT2D eigenvalue weighted by Crippen LogP contribution is 2.43. The van der Waals surface area contributed by atoms with E-state index < -0.39 is 0 Å². The fraction of sp³-hybridized carbons (Fsp3) is 0.159. The van der Waals surface area contributed by atoms with Crippen LogP contribution in [0.25, 0.3) is 32.1 Å². The maximum atomic E-state index is 4.82. The number of anilines is 1. The van der Waals surface area contributed by atoms with Crippen molar-refractivity contribution in [3.8, 4) is 11.1 Å². The van der Waals surface area contributed by atoms with Crippen LogP contribution in [-0.2, 0) is 0 Å². The summed E-state index contributed by atoms with van der Waals surface area (Å²) in [4.78, 5) is 4.82. The Hall–Kier alpha value is -5.59. The standard InChI is InChI=1S/C22H21N3S.C22H20N2/c1-4-25(23-14-18-13-15(2)9-10-16(18)3)22-24-20-12-11-17-7-5-6-8-19(17)21(20)26-22;1-15-11-12-16(2)17(13-15)14-23-24-22-20-9-5-3-7-18(20)19-8-4-6-10-21(19)22/h5-14H,4H2,1-3H3;3-14,22,24H,1-2H3/b2*23-14+. The highest BCUT2D eigenvalue weighted by molar-refractivity contribution is 7.23. The van der Waals surface area contributed by atoms with E-state index in [0.29, 0.717) is 0 Å². The van der Waals surface area contributed by atoms with E-state index in [2.05, 4.69) is 166 Å². The smallest absolute Gasteiger partial charge is 0.207 e.